The summed E-state index contributed by atoms with van der Waals surface area (Å²) >= 11 is 0. The summed E-state index contributed by atoms with van der Waals surface area (Å²) in [7, 11) is 0. The minimum Gasteiger partial charge on any atom is -0.481 e. The minimum atomic E-state index is 0.278. The number of anilines is 1. The number of nitrogens with two attached hydrogens (primary N) is 1. The monoisotopic (exact) mass is 223 g/mol. The molecule has 2 rings (SSSR count). The van der Waals surface area contributed by atoms with E-state index in [-0.39, 0.29) is 6.61 Å². The third-order valence-corrected chi connectivity index (χ3v) is 2.38. The topological polar surface area (TPSA) is 35.2 Å². The van der Waals surface area contributed by atoms with Crippen molar-refractivity contribution in [2.45, 2.75) is 0 Å². The zero-order chi connectivity index (χ0) is 12.1. The summed E-state index contributed by atoms with van der Waals surface area (Å²) in [5.74, 6) is 3.21. The lowest BCUT2D eigenvalue weighted by Gasteiger charge is -2.06. The van der Waals surface area contributed by atoms with Crippen LogP contribution in [0.5, 0.6) is 5.75 Å². The summed E-state index contributed by atoms with van der Waals surface area (Å²) in [5.41, 5.74) is 8.63. The average molecular weight is 223 g/mol. The van der Waals surface area contributed by atoms with Gasteiger partial charge >= 0.3 is 0 Å². The maximum atomic E-state index is 5.76. The molecule has 0 saturated carbocycles. The third kappa shape index (κ3) is 2.79. The molecule has 2 aromatic rings. The first-order chi connectivity index (χ1) is 8.29. The fraction of sp³-hybridized carbons (Fsp3) is 0.0667. The minimum absolute atomic E-state index is 0.278. The standard InChI is InChI=1S/C15H13NO/c1-2-9-17-15-8-4-6-13(11-15)12-5-3-7-14(16)10-12/h1,3-8,10-11H,9,16H2. The SMILES string of the molecule is C#CCOc1cccc(-c2cccc(N)c2)c1. The van der Waals surface area contributed by atoms with Crippen molar-refractivity contribution < 1.29 is 4.74 Å². The molecule has 0 radical (unpaired) electrons. The molecule has 0 atom stereocenters. The fourth-order valence-corrected chi connectivity index (χ4v) is 1.61. The molecular formula is C15H13NO. The van der Waals surface area contributed by atoms with Gasteiger partial charge in [0.25, 0.3) is 0 Å². The molecule has 0 bridgehead atoms. The van der Waals surface area contributed by atoms with E-state index in [1.807, 2.05) is 48.5 Å². The Kier molecular flexibility index (Phi) is 3.32. The van der Waals surface area contributed by atoms with Gasteiger partial charge in [-0.1, -0.05) is 30.2 Å². The first-order valence-electron chi connectivity index (χ1n) is 5.32. The van der Waals surface area contributed by atoms with Gasteiger partial charge in [0.2, 0.25) is 0 Å². The lowest BCUT2D eigenvalue weighted by atomic mass is 10.1. The number of ether oxygens (including phenoxy) is 1. The van der Waals surface area contributed by atoms with Crippen LogP contribution in [0.4, 0.5) is 5.69 Å². The van der Waals surface area contributed by atoms with Gasteiger partial charge in [-0.05, 0) is 35.4 Å². The van der Waals surface area contributed by atoms with E-state index < -0.39 is 0 Å². The molecule has 0 amide bonds. The molecule has 0 spiro atoms. The van der Waals surface area contributed by atoms with Gasteiger partial charge < -0.3 is 10.5 Å². The number of nitrogen functional groups attached to an aromatic ring is 1. The molecule has 0 aliphatic carbocycles. The molecule has 2 nitrogen and oxygen atoms in total. The van der Waals surface area contributed by atoms with E-state index in [1.165, 1.54) is 0 Å². The van der Waals surface area contributed by atoms with E-state index in [1.54, 1.807) is 0 Å². The van der Waals surface area contributed by atoms with Gasteiger partial charge in [-0.25, -0.2) is 0 Å². The van der Waals surface area contributed by atoms with Crippen LogP contribution in [-0.2, 0) is 0 Å². The maximum Gasteiger partial charge on any atom is 0.148 e. The lowest BCUT2D eigenvalue weighted by Crippen LogP contribution is -1.93. The van der Waals surface area contributed by atoms with Crippen LogP contribution < -0.4 is 10.5 Å². The Bertz CT molecular complexity index is 555. The molecular weight excluding hydrogens is 210 g/mol. The van der Waals surface area contributed by atoms with Crippen molar-refractivity contribution in [2.24, 2.45) is 0 Å². The van der Waals surface area contributed by atoms with Crippen molar-refractivity contribution in [1.29, 1.82) is 0 Å². The van der Waals surface area contributed by atoms with Crippen molar-refractivity contribution in [3.05, 3.63) is 48.5 Å². The second-order valence-corrected chi connectivity index (χ2v) is 3.65. The smallest absolute Gasteiger partial charge is 0.148 e. The van der Waals surface area contributed by atoms with Gasteiger partial charge in [-0.3, -0.25) is 0 Å². The summed E-state index contributed by atoms with van der Waals surface area (Å²) in [5, 5.41) is 0. The second kappa shape index (κ2) is 5.09. The van der Waals surface area contributed by atoms with E-state index >= 15 is 0 Å². The first-order valence-corrected chi connectivity index (χ1v) is 5.32. The van der Waals surface area contributed by atoms with E-state index in [9.17, 15) is 0 Å². The van der Waals surface area contributed by atoms with Crippen molar-refractivity contribution >= 4 is 5.69 Å². The maximum absolute atomic E-state index is 5.76. The largest absolute Gasteiger partial charge is 0.481 e. The Morgan fingerprint density at radius 1 is 1.06 bits per heavy atom. The van der Waals surface area contributed by atoms with E-state index in [0.717, 1.165) is 22.6 Å². The van der Waals surface area contributed by atoms with Crippen LogP contribution in [0.2, 0.25) is 0 Å². The first kappa shape index (κ1) is 11.1. The highest BCUT2D eigenvalue weighted by Crippen LogP contribution is 2.25. The Morgan fingerprint density at radius 2 is 1.76 bits per heavy atom. The van der Waals surface area contributed by atoms with E-state index in [2.05, 4.69) is 5.92 Å². The Balaban J connectivity index is 2.30. The number of terminal acetylenes is 1. The van der Waals surface area contributed by atoms with Crippen LogP contribution in [0, 0.1) is 12.3 Å². The highest BCUT2D eigenvalue weighted by atomic mass is 16.5. The van der Waals surface area contributed by atoms with Gasteiger partial charge in [0.15, 0.2) is 0 Å². The Hall–Kier alpha value is -2.40. The molecule has 0 heterocycles. The molecule has 17 heavy (non-hydrogen) atoms. The molecule has 0 fully saturated rings. The molecule has 2 N–H and O–H groups in total. The van der Waals surface area contributed by atoms with Crippen molar-refractivity contribution in [2.75, 3.05) is 12.3 Å². The van der Waals surface area contributed by atoms with Crippen LogP contribution in [0.3, 0.4) is 0 Å². The summed E-state index contributed by atoms with van der Waals surface area (Å²) in [6.45, 7) is 0.278. The Morgan fingerprint density at radius 3 is 2.47 bits per heavy atom. The zero-order valence-corrected chi connectivity index (χ0v) is 9.39. The molecule has 2 aromatic carbocycles. The highest BCUT2D eigenvalue weighted by molar-refractivity contribution is 5.68. The average Bonchev–Trinajstić information content (AvgIpc) is 2.37. The van der Waals surface area contributed by atoms with Gasteiger partial charge in [0.05, 0.1) is 0 Å². The van der Waals surface area contributed by atoms with Crippen LogP contribution in [0.25, 0.3) is 11.1 Å². The zero-order valence-electron chi connectivity index (χ0n) is 9.39. The highest BCUT2D eigenvalue weighted by Gasteiger charge is 2.00. The fourth-order valence-electron chi connectivity index (χ4n) is 1.61. The molecule has 0 saturated heterocycles. The predicted octanol–water partition coefficient (Wildman–Crippen LogP) is 2.95. The second-order valence-electron chi connectivity index (χ2n) is 3.65. The quantitative estimate of drug-likeness (QED) is 0.641. The van der Waals surface area contributed by atoms with Gasteiger partial charge in [0.1, 0.15) is 12.4 Å². The van der Waals surface area contributed by atoms with Crippen LogP contribution in [0.15, 0.2) is 48.5 Å². The summed E-state index contributed by atoms with van der Waals surface area (Å²) in [4.78, 5) is 0. The van der Waals surface area contributed by atoms with Gasteiger partial charge in [-0.15, -0.1) is 6.42 Å². The summed E-state index contributed by atoms with van der Waals surface area (Å²) < 4.78 is 5.38. The molecule has 84 valence electrons. The molecule has 0 unspecified atom stereocenters. The van der Waals surface area contributed by atoms with Crippen molar-refractivity contribution in [3.8, 4) is 29.2 Å². The number of benzene rings is 2. The number of hydrogen-bond donors (Lipinski definition) is 1. The van der Waals surface area contributed by atoms with E-state index in [0.29, 0.717) is 0 Å². The summed E-state index contributed by atoms with van der Waals surface area (Å²) in [6.07, 6.45) is 5.15. The molecule has 2 heteroatoms. The van der Waals surface area contributed by atoms with E-state index in [4.69, 9.17) is 16.9 Å². The number of hydrogen-bond acceptors (Lipinski definition) is 2. The van der Waals surface area contributed by atoms with Gasteiger partial charge in [0, 0.05) is 5.69 Å². The van der Waals surface area contributed by atoms with Crippen LogP contribution in [0.1, 0.15) is 0 Å². The molecule has 0 aliphatic heterocycles. The van der Waals surface area contributed by atoms with Crippen LogP contribution >= 0.6 is 0 Å². The van der Waals surface area contributed by atoms with Crippen LogP contribution in [-0.4, -0.2) is 6.61 Å². The molecule has 0 aromatic heterocycles. The lowest BCUT2D eigenvalue weighted by molar-refractivity contribution is 0.370. The van der Waals surface area contributed by atoms with Crippen molar-refractivity contribution in [3.63, 3.8) is 0 Å². The molecule has 0 aliphatic rings. The normalized spacial score (nSPS) is 9.59. The Labute approximate surface area is 101 Å². The summed E-state index contributed by atoms with van der Waals surface area (Å²) in [6, 6.07) is 15.5. The van der Waals surface area contributed by atoms with Gasteiger partial charge in [-0.2, -0.15) is 0 Å². The predicted molar refractivity (Wildman–Crippen MR) is 70.6 cm³/mol. The number of rotatable bonds is 3. The van der Waals surface area contributed by atoms with Crippen molar-refractivity contribution in [1.82, 2.24) is 0 Å². The third-order valence-electron chi connectivity index (χ3n) is 2.38.